The molecule has 41 heavy (non-hydrogen) atoms. The van der Waals surface area contributed by atoms with Crippen LogP contribution in [0.3, 0.4) is 0 Å². The number of carbonyl (C=O) groups is 1. The highest BCUT2D eigenvalue weighted by molar-refractivity contribution is 5.93. The number of anilines is 1. The molecule has 9 nitrogen and oxygen atoms in total. The third-order valence-corrected chi connectivity index (χ3v) is 5.81. The van der Waals surface area contributed by atoms with Crippen LogP contribution in [0.5, 0.6) is 0 Å². The minimum Gasteiger partial charge on any atom is -0.476 e. The van der Waals surface area contributed by atoms with Crippen molar-refractivity contribution in [3.63, 3.8) is 0 Å². The Kier molecular flexibility index (Phi) is 22.4. The van der Waals surface area contributed by atoms with Crippen LogP contribution in [0.2, 0.25) is 0 Å². The molecule has 2 atom stereocenters. The average molecular weight is 579 g/mol. The molecule has 11 heteroatoms. The molecule has 2 aromatic carbocycles. The highest BCUT2D eigenvalue weighted by Crippen LogP contribution is 2.13. The number of carbonyl (C=O) groups excluding carboxylic acids is 1. The lowest BCUT2D eigenvalue weighted by Crippen LogP contribution is -2.17. The predicted octanol–water partition coefficient (Wildman–Crippen LogP) is 4.54. The van der Waals surface area contributed by atoms with Crippen molar-refractivity contribution in [2.24, 2.45) is 28.4 Å². The van der Waals surface area contributed by atoms with Crippen LogP contribution in [0.4, 0.5) is 14.5 Å². The molecule has 0 spiro atoms. The van der Waals surface area contributed by atoms with E-state index in [1.807, 2.05) is 49.1 Å². The zero-order valence-electron chi connectivity index (χ0n) is 24.8. The molecular formula is C30H48F2N6O3. The lowest BCUT2D eigenvalue weighted by Gasteiger charge is -2.12. The molecule has 2 aliphatic heterocycles. The number of hydrogen-bond donors (Lipinski definition) is 4. The van der Waals surface area contributed by atoms with E-state index >= 15 is 0 Å². The van der Waals surface area contributed by atoms with Crippen molar-refractivity contribution in [3.8, 4) is 0 Å². The molecule has 2 heterocycles. The van der Waals surface area contributed by atoms with Gasteiger partial charge in [0, 0.05) is 24.9 Å². The molecule has 2 fully saturated rings. The predicted molar refractivity (Wildman–Crippen MR) is 163 cm³/mol. The summed E-state index contributed by atoms with van der Waals surface area (Å²) >= 11 is 0. The van der Waals surface area contributed by atoms with Crippen LogP contribution in [-0.4, -0.2) is 64.2 Å². The zero-order valence-corrected chi connectivity index (χ0v) is 24.8. The molecule has 1 unspecified atom stereocenters. The van der Waals surface area contributed by atoms with Crippen LogP contribution < -0.4 is 22.2 Å². The highest BCUT2D eigenvalue weighted by Gasteiger charge is 2.17. The first-order valence-electron chi connectivity index (χ1n) is 13.7. The van der Waals surface area contributed by atoms with Gasteiger partial charge in [-0.25, -0.2) is 8.78 Å². The number of hydrazone groups is 1. The van der Waals surface area contributed by atoms with Crippen LogP contribution in [0.25, 0.3) is 0 Å². The van der Waals surface area contributed by atoms with E-state index < -0.39 is 11.6 Å². The number of benzene rings is 2. The second kappa shape index (κ2) is 24.4. The smallest absolute Gasteiger partial charge is 0.235 e. The van der Waals surface area contributed by atoms with E-state index in [9.17, 15) is 8.78 Å². The van der Waals surface area contributed by atoms with Gasteiger partial charge in [0.05, 0.1) is 18.9 Å². The lowest BCUT2D eigenvalue weighted by molar-refractivity contribution is -0.105. The van der Waals surface area contributed by atoms with Gasteiger partial charge in [0.15, 0.2) is 11.6 Å². The molecule has 2 aromatic rings. The molecule has 4 rings (SSSR count). The van der Waals surface area contributed by atoms with Crippen LogP contribution in [0, 0.1) is 23.5 Å². The molecule has 0 aromatic heterocycles. The number of rotatable bonds is 7. The number of ether oxygens (including phenoxy) is 1. The maximum Gasteiger partial charge on any atom is 0.235 e. The van der Waals surface area contributed by atoms with Crippen LogP contribution in [-0.2, 0) is 14.4 Å². The van der Waals surface area contributed by atoms with Gasteiger partial charge in [0.2, 0.25) is 5.90 Å². The van der Waals surface area contributed by atoms with Crippen molar-refractivity contribution >= 4 is 18.4 Å². The quantitative estimate of drug-likeness (QED) is 0.214. The molecule has 0 bridgehead atoms. The fourth-order valence-corrected chi connectivity index (χ4v) is 3.56. The fourth-order valence-electron chi connectivity index (χ4n) is 3.56. The van der Waals surface area contributed by atoms with Crippen LogP contribution in [0.15, 0.2) is 71.5 Å². The minimum atomic E-state index is -0.799. The van der Waals surface area contributed by atoms with E-state index in [2.05, 4.69) is 35.4 Å². The standard InChI is InChI=1S/C16H24N4O.C6H4F2.C6H13NO.CH5N.CH2O/c1-13(11-17)16(20-19-15-5-3-2-4-6-15)21-10-8-14-7-9-18-12-14;7-5-3-1-2-4-6(5)8;1-3-7-4-6(2)5-8-7;2*1-2/h2-6,11,14,18-19H,7-10,12,17H2,1H3;1-4H;6H,3-5H2,1-2H3;2H2,1H3;1H2/b13-11+,20-16+;;;;/t;;6-;;/m..1../s1. The summed E-state index contributed by atoms with van der Waals surface area (Å²) in [6, 6.07) is 14.8. The second-order valence-electron chi connectivity index (χ2n) is 9.04. The lowest BCUT2D eigenvalue weighted by atomic mass is 10.1. The molecule has 0 saturated carbocycles. The molecule has 2 saturated heterocycles. The summed E-state index contributed by atoms with van der Waals surface area (Å²) in [5.74, 6) is 0.387. The number of nitrogens with two attached hydrogens (primary N) is 2. The average Bonchev–Trinajstić information content (AvgIpc) is 3.71. The summed E-state index contributed by atoms with van der Waals surface area (Å²) in [6.45, 7) is 14.1. The van der Waals surface area contributed by atoms with Crippen molar-refractivity contribution in [1.82, 2.24) is 10.4 Å². The van der Waals surface area contributed by atoms with E-state index in [-0.39, 0.29) is 0 Å². The van der Waals surface area contributed by atoms with Gasteiger partial charge in [-0.1, -0.05) is 44.2 Å². The Bertz CT molecular complexity index is 955. The van der Waals surface area contributed by atoms with E-state index in [0.717, 1.165) is 68.5 Å². The van der Waals surface area contributed by atoms with E-state index in [4.69, 9.17) is 20.1 Å². The SMILES string of the molecule is C=O.CC(=C\N)/C(=N\Nc1ccccc1)OCCC1CCNC1.CCN1C[C@@H](C)CO1.CN.Fc1ccccc1F. The van der Waals surface area contributed by atoms with Gasteiger partial charge in [-0.15, -0.1) is 5.10 Å². The van der Waals surface area contributed by atoms with Crippen molar-refractivity contribution in [3.05, 3.63) is 78.0 Å². The number of para-hydroxylation sites is 1. The Morgan fingerprint density at radius 2 is 1.78 bits per heavy atom. The van der Waals surface area contributed by atoms with Gasteiger partial charge in [-0.3, -0.25) is 10.3 Å². The molecule has 0 amide bonds. The Hall–Kier alpha value is -3.38. The van der Waals surface area contributed by atoms with Crippen molar-refractivity contribution in [2.75, 3.05) is 51.9 Å². The Morgan fingerprint density at radius 3 is 2.22 bits per heavy atom. The van der Waals surface area contributed by atoms with Crippen LogP contribution >= 0.6 is 0 Å². The summed E-state index contributed by atoms with van der Waals surface area (Å²) < 4.78 is 29.7. The number of hydrogen-bond acceptors (Lipinski definition) is 9. The molecule has 230 valence electrons. The van der Waals surface area contributed by atoms with Gasteiger partial charge < -0.3 is 26.3 Å². The molecule has 0 aliphatic carbocycles. The van der Waals surface area contributed by atoms with Crippen molar-refractivity contribution in [1.29, 1.82) is 0 Å². The first-order valence-corrected chi connectivity index (χ1v) is 13.7. The Labute approximate surface area is 243 Å². The number of nitrogens with zero attached hydrogens (tertiary/aromatic N) is 2. The van der Waals surface area contributed by atoms with Gasteiger partial charge in [-0.05, 0) is 76.0 Å². The number of halogens is 2. The molecule has 0 radical (unpaired) electrons. The van der Waals surface area contributed by atoms with Crippen molar-refractivity contribution < 1.29 is 23.1 Å². The van der Waals surface area contributed by atoms with E-state index in [1.54, 1.807) is 0 Å². The fraction of sp³-hybridized carbons (Fsp3) is 0.467. The first-order chi connectivity index (χ1) is 19.9. The van der Waals surface area contributed by atoms with Gasteiger partial charge >= 0.3 is 0 Å². The Morgan fingerprint density at radius 1 is 1.17 bits per heavy atom. The topological polar surface area (TPSA) is 127 Å². The van der Waals surface area contributed by atoms with Crippen molar-refractivity contribution in [2.45, 2.75) is 33.6 Å². The molecule has 6 N–H and O–H groups in total. The second-order valence-corrected chi connectivity index (χ2v) is 9.04. The maximum atomic E-state index is 11.9. The van der Waals surface area contributed by atoms with Gasteiger partial charge in [-0.2, -0.15) is 5.06 Å². The summed E-state index contributed by atoms with van der Waals surface area (Å²) in [5.41, 5.74) is 14.8. The molecular weight excluding hydrogens is 530 g/mol. The number of nitrogens with one attached hydrogen (secondary N) is 2. The normalized spacial score (nSPS) is 18.2. The first kappa shape index (κ1) is 37.6. The monoisotopic (exact) mass is 578 g/mol. The van der Waals surface area contributed by atoms with Gasteiger partial charge in [0.1, 0.15) is 6.79 Å². The summed E-state index contributed by atoms with van der Waals surface area (Å²) in [7, 11) is 1.50. The third-order valence-electron chi connectivity index (χ3n) is 5.81. The maximum absolute atomic E-state index is 11.9. The highest BCUT2D eigenvalue weighted by atomic mass is 19.2. The summed E-state index contributed by atoms with van der Waals surface area (Å²) in [5, 5.41) is 9.68. The van der Waals surface area contributed by atoms with E-state index in [1.165, 1.54) is 31.8 Å². The van der Waals surface area contributed by atoms with E-state index in [0.29, 0.717) is 18.4 Å². The summed E-state index contributed by atoms with van der Waals surface area (Å²) in [4.78, 5) is 13.2. The Balaban J connectivity index is 0.000000654. The van der Waals surface area contributed by atoms with Gasteiger partial charge in [0.25, 0.3) is 0 Å². The summed E-state index contributed by atoms with van der Waals surface area (Å²) in [6.07, 6.45) is 3.78. The number of hydroxylamine groups is 2. The minimum absolute atomic E-state index is 0.548. The molecule has 2 aliphatic rings. The zero-order chi connectivity index (χ0) is 30.9. The third kappa shape index (κ3) is 17.1. The largest absolute Gasteiger partial charge is 0.476 e. The van der Waals surface area contributed by atoms with Crippen LogP contribution in [0.1, 0.15) is 33.6 Å².